The maximum atomic E-state index is 12.1. The molecule has 0 aliphatic rings. The zero-order valence-corrected chi connectivity index (χ0v) is 15.9. The molecule has 6 heteroatoms. The molecule has 0 aliphatic carbocycles. The van der Waals surface area contributed by atoms with E-state index in [0.29, 0.717) is 24.3 Å². The smallest absolute Gasteiger partial charge is 0.251 e. The number of unbranched alkanes of at least 4 members (excludes halogenated alkanes) is 1. The van der Waals surface area contributed by atoms with Gasteiger partial charge in [0.1, 0.15) is 5.75 Å². The molecule has 0 heterocycles. The largest absolute Gasteiger partial charge is 0.497 e. The second kappa shape index (κ2) is 11.0. The molecule has 2 amide bonds. The molecule has 0 fully saturated rings. The van der Waals surface area contributed by atoms with Crippen LogP contribution in [0.1, 0.15) is 35.7 Å². The maximum absolute atomic E-state index is 12.1. The van der Waals surface area contributed by atoms with Gasteiger partial charge in [-0.2, -0.15) is 0 Å². The molecule has 0 unspecified atom stereocenters. The van der Waals surface area contributed by atoms with Gasteiger partial charge in [-0.15, -0.1) is 0 Å². The minimum Gasteiger partial charge on any atom is -0.497 e. The van der Waals surface area contributed by atoms with Gasteiger partial charge in [-0.25, -0.2) is 0 Å². The number of ether oxygens (including phenoxy) is 1. The molecule has 6 nitrogen and oxygen atoms in total. The molecule has 2 aromatic carbocycles. The van der Waals surface area contributed by atoms with Gasteiger partial charge in [-0.3, -0.25) is 9.59 Å². The van der Waals surface area contributed by atoms with Gasteiger partial charge in [0.2, 0.25) is 5.91 Å². The first-order valence-corrected chi connectivity index (χ1v) is 9.14. The monoisotopic (exact) mass is 369 g/mol. The molecule has 0 saturated carbocycles. The lowest BCUT2D eigenvalue weighted by Crippen LogP contribution is -2.28. The normalized spacial score (nSPS) is 10.3. The maximum Gasteiger partial charge on any atom is 0.251 e. The van der Waals surface area contributed by atoms with Gasteiger partial charge in [0.15, 0.2) is 0 Å². The Morgan fingerprint density at radius 3 is 2.56 bits per heavy atom. The highest BCUT2D eigenvalue weighted by Crippen LogP contribution is 2.12. The Morgan fingerprint density at radius 1 is 1.07 bits per heavy atom. The number of hydrogen-bond acceptors (Lipinski definition) is 4. The summed E-state index contributed by atoms with van der Waals surface area (Å²) in [5.41, 5.74) is 2.21. The fourth-order valence-electron chi connectivity index (χ4n) is 2.49. The SMILES string of the molecule is CCCCNC(=O)c1cccc(NC(=O)CNCc2ccc(OC)cc2)c1. The molecule has 2 aromatic rings. The van der Waals surface area contributed by atoms with E-state index in [9.17, 15) is 9.59 Å². The van der Waals surface area contributed by atoms with Gasteiger partial charge in [0.05, 0.1) is 13.7 Å². The van der Waals surface area contributed by atoms with Crippen molar-refractivity contribution in [2.75, 3.05) is 25.5 Å². The third kappa shape index (κ3) is 7.11. The molecule has 0 aromatic heterocycles. The van der Waals surface area contributed by atoms with Gasteiger partial charge in [0, 0.05) is 24.3 Å². The van der Waals surface area contributed by atoms with Crippen LogP contribution in [0.4, 0.5) is 5.69 Å². The number of nitrogens with one attached hydrogen (secondary N) is 3. The van der Waals surface area contributed by atoms with Crippen molar-refractivity contribution < 1.29 is 14.3 Å². The highest BCUT2D eigenvalue weighted by Gasteiger charge is 2.07. The molecule has 144 valence electrons. The van der Waals surface area contributed by atoms with Crippen LogP contribution in [0.3, 0.4) is 0 Å². The summed E-state index contributed by atoms with van der Waals surface area (Å²) >= 11 is 0. The predicted molar refractivity (Wildman–Crippen MR) is 107 cm³/mol. The Kier molecular flexibility index (Phi) is 8.32. The Labute approximate surface area is 160 Å². The fourth-order valence-corrected chi connectivity index (χ4v) is 2.49. The second-order valence-corrected chi connectivity index (χ2v) is 6.19. The second-order valence-electron chi connectivity index (χ2n) is 6.19. The number of carbonyl (C=O) groups excluding carboxylic acids is 2. The number of rotatable bonds is 10. The molecule has 0 saturated heterocycles. The third-order valence-electron chi connectivity index (χ3n) is 4.00. The summed E-state index contributed by atoms with van der Waals surface area (Å²) < 4.78 is 5.12. The van der Waals surface area contributed by atoms with E-state index in [1.807, 2.05) is 24.3 Å². The summed E-state index contributed by atoms with van der Waals surface area (Å²) in [4.78, 5) is 24.2. The fraction of sp³-hybridized carbons (Fsp3) is 0.333. The van der Waals surface area contributed by atoms with E-state index in [1.54, 1.807) is 31.4 Å². The lowest BCUT2D eigenvalue weighted by molar-refractivity contribution is -0.115. The average Bonchev–Trinajstić information content (AvgIpc) is 2.69. The number of benzene rings is 2. The van der Waals surface area contributed by atoms with Crippen molar-refractivity contribution >= 4 is 17.5 Å². The highest BCUT2D eigenvalue weighted by atomic mass is 16.5. The summed E-state index contributed by atoms with van der Waals surface area (Å²) in [5.74, 6) is 0.513. The lowest BCUT2D eigenvalue weighted by Gasteiger charge is -2.09. The Balaban J connectivity index is 1.79. The summed E-state index contributed by atoms with van der Waals surface area (Å²) in [5, 5.41) is 8.77. The van der Waals surface area contributed by atoms with Crippen molar-refractivity contribution in [3.63, 3.8) is 0 Å². The van der Waals surface area contributed by atoms with Crippen molar-refractivity contribution in [2.45, 2.75) is 26.3 Å². The van der Waals surface area contributed by atoms with Crippen molar-refractivity contribution in [1.82, 2.24) is 10.6 Å². The molecule has 0 atom stereocenters. The number of hydrogen-bond donors (Lipinski definition) is 3. The van der Waals surface area contributed by atoms with Crippen LogP contribution in [-0.2, 0) is 11.3 Å². The van der Waals surface area contributed by atoms with E-state index in [-0.39, 0.29) is 18.4 Å². The van der Waals surface area contributed by atoms with Crippen molar-refractivity contribution in [2.24, 2.45) is 0 Å². The van der Waals surface area contributed by atoms with Crippen LogP contribution in [0, 0.1) is 0 Å². The van der Waals surface area contributed by atoms with Gasteiger partial charge in [-0.05, 0) is 42.3 Å². The van der Waals surface area contributed by atoms with Crippen LogP contribution in [0.2, 0.25) is 0 Å². The van der Waals surface area contributed by atoms with Crippen molar-refractivity contribution in [1.29, 1.82) is 0 Å². The molecule has 27 heavy (non-hydrogen) atoms. The lowest BCUT2D eigenvalue weighted by atomic mass is 10.2. The van der Waals surface area contributed by atoms with E-state index < -0.39 is 0 Å². The zero-order valence-electron chi connectivity index (χ0n) is 15.9. The molecule has 0 bridgehead atoms. The number of carbonyl (C=O) groups is 2. The summed E-state index contributed by atoms with van der Waals surface area (Å²) in [6.07, 6.45) is 1.97. The standard InChI is InChI=1S/C21H27N3O3/c1-3-4-12-23-21(26)17-6-5-7-18(13-17)24-20(25)15-22-14-16-8-10-19(27-2)11-9-16/h5-11,13,22H,3-4,12,14-15H2,1-2H3,(H,23,26)(H,24,25). The summed E-state index contributed by atoms with van der Waals surface area (Å²) in [7, 11) is 1.63. The number of amides is 2. The van der Waals surface area contributed by atoms with Gasteiger partial charge < -0.3 is 20.7 Å². The molecule has 3 N–H and O–H groups in total. The number of anilines is 1. The molecule has 0 spiro atoms. The average molecular weight is 369 g/mol. The Hall–Kier alpha value is -2.86. The zero-order chi connectivity index (χ0) is 19.5. The van der Waals surface area contributed by atoms with Crippen LogP contribution >= 0.6 is 0 Å². The van der Waals surface area contributed by atoms with E-state index in [4.69, 9.17) is 4.74 Å². The summed E-state index contributed by atoms with van der Waals surface area (Å²) in [6, 6.07) is 14.6. The van der Waals surface area contributed by atoms with E-state index in [0.717, 1.165) is 24.2 Å². The Morgan fingerprint density at radius 2 is 1.85 bits per heavy atom. The molecular formula is C21H27N3O3. The van der Waals surface area contributed by atoms with Crippen LogP contribution < -0.4 is 20.7 Å². The van der Waals surface area contributed by atoms with Crippen LogP contribution in [0.25, 0.3) is 0 Å². The minimum absolute atomic E-state index is 0.128. The minimum atomic E-state index is -0.160. The quantitative estimate of drug-likeness (QED) is 0.563. The van der Waals surface area contributed by atoms with Crippen LogP contribution in [-0.4, -0.2) is 32.0 Å². The molecule has 0 aliphatic heterocycles. The van der Waals surface area contributed by atoms with E-state index in [2.05, 4.69) is 22.9 Å². The van der Waals surface area contributed by atoms with E-state index in [1.165, 1.54) is 0 Å². The van der Waals surface area contributed by atoms with Crippen LogP contribution in [0.5, 0.6) is 5.75 Å². The first kappa shape index (κ1) is 20.5. The third-order valence-corrected chi connectivity index (χ3v) is 4.00. The first-order valence-electron chi connectivity index (χ1n) is 9.14. The molecular weight excluding hydrogens is 342 g/mol. The van der Waals surface area contributed by atoms with Crippen molar-refractivity contribution in [3.05, 3.63) is 59.7 Å². The highest BCUT2D eigenvalue weighted by molar-refractivity contribution is 5.97. The van der Waals surface area contributed by atoms with Gasteiger partial charge in [-0.1, -0.05) is 31.5 Å². The molecule has 2 rings (SSSR count). The van der Waals surface area contributed by atoms with E-state index >= 15 is 0 Å². The first-order chi connectivity index (χ1) is 13.1. The van der Waals surface area contributed by atoms with Crippen LogP contribution in [0.15, 0.2) is 48.5 Å². The van der Waals surface area contributed by atoms with Crippen molar-refractivity contribution in [3.8, 4) is 5.75 Å². The summed E-state index contributed by atoms with van der Waals surface area (Å²) in [6.45, 7) is 3.49. The predicted octanol–water partition coefficient (Wildman–Crippen LogP) is 2.95. The topological polar surface area (TPSA) is 79.5 Å². The Bertz CT molecular complexity index is 745. The van der Waals surface area contributed by atoms with Gasteiger partial charge >= 0.3 is 0 Å². The number of methoxy groups -OCH3 is 1. The van der Waals surface area contributed by atoms with Gasteiger partial charge in [0.25, 0.3) is 5.91 Å². The molecule has 0 radical (unpaired) electrons.